The Hall–Kier alpha value is -2.05. The molecular formula is C17H18N2O. The molecule has 2 aromatic rings. The van der Waals surface area contributed by atoms with Crippen LogP contribution in [0.5, 0.6) is 0 Å². The lowest BCUT2D eigenvalue weighted by Gasteiger charge is -2.25. The SMILES string of the molecule is CO[C@@H]1C[C@H](C)N(c2ccc(C#N)c3ccccc23)C1. The molecule has 1 heterocycles. The normalized spacial score (nSPS) is 22.1. The lowest BCUT2D eigenvalue weighted by atomic mass is 10.0. The van der Waals surface area contributed by atoms with Gasteiger partial charge in [0.1, 0.15) is 0 Å². The molecular weight excluding hydrogens is 248 g/mol. The van der Waals surface area contributed by atoms with E-state index in [9.17, 15) is 5.26 Å². The van der Waals surface area contributed by atoms with Gasteiger partial charge in [-0.05, 0) is 25.5 Å². The van der Waals surface area contributed by atoms with Crippen molar-refractivity contribution in [2.24, 2.45) is 0 Å². The Bertz CT molecular complexity index is 674. The molecule has 0 amide bonds. The van der Waals surface area contributed by atoms with Crippen molar-refractivity contribution in [2.75, 3.05) is 18.6 Å². The molecule has 1 saturated heterocycles. The van der Waals surface area contributed by atoms with Gasteiger partial charge in [0.25, 0.3) is 0 Å². The van der Waals surface area contributed by atoms with Gasteiger partial charge in [0, 0.05) is 36.2 Å². The van der Waals surface area contributed by atoms with Gasteiger partial charge in [0.15, 0.2) is 0 Å². The summed E-state index contributed by atoms with van der Waals surface area (Å²) in [4.78, 5) is 2.39. The molecule has 2 aromatic carbocycles. The molecule has 0 spiro atoms. The molecule has 0 saturated carbocycles. The smallest absolute Gasteiger partial charge is 0.0998 e. The molecule has 102 valence electrons. The molecule has 3 heteroatoms. The summed E-state index contributed by atoms with van der Waals surface area (Å²) in [6, 6.07) is 14.8. The number of hydrogen-bond acceptors (Lipinski definition) is 3. The average Bonchev–Trinajstić information content (AvgIpc) is 2.87. The van der Waals surface area contributed by atoms with Gasteiger partial charge in [-0.25, -0.2) is 0 Å². The fourth-order valence-corrected chi connectivity index (χ4v) is 3.12. The highest BCUT2D eigenvalue weighted by Crippen LogP contribution is 2.34. The predicted molar refractivity (Wildman–Crippen MR) is 80.9 cm³/mol. The maximum Gasteiger partial charge on any atom is 0.0998 e. The second kappa shape index (κ2) is 5.15. The first kappa shape index (κ1) is 13.0. The number of benzene rings is 2. The van der Waals surface area contributed by atoms with Crippen molar-refractivity contribution < 1.29 is 4.74 Å². The summed E-state index contributed by atoms with van der Waals surface area (Å²) in [6.07, 6.45) is 1.34. The third-order valence-electron chi connectivity index (χ3n) is 4.20. The van der Waals surface area contributed by atoms with E-state index in [-0.39, 0.29) is 0 Å². The summed E-state index contributed by atoms with van der Waals surface area (Å²) in [5, 5.41) is 11.4. The second-order valence-electron chi connectivity index (χ2n) is 5.38. The Labute approximate surface area is 119 Å². The molecule has 0 aromatic heterocycles. The minimum absolute atomic E-state index is 0.291. The van der Waals surface area contributed by atoms with Crippen LogP contribution in [0.4, 0.5) is 5.69 Å². The number of hydrogen-bond donors (Lipinski definition) is 0. The molecule has 1 fully saturated rings. The Balaban J connectivity index is 2.12. The first-order valence-corrected chi connectivity index (χ1v) is 6.96. The van der Waals surface area contributed by atoms with Crippen LogP contribution in [0.3, 0.4) is 0 Å². The molecule has 0 unspecified atom stereocenters. The van der Waals surface area contributed by atoms with Crippen LogP contribution in [-0.4, -0.2) is 25.8 Å². The van der Waals surface area contributed by atoms with Gasteiger partial charge >= 0.3 is 0 Å². The van der Waals surface area contributed by atoms with E-state index in [4.69, 9.17) is 4.74 Å². The van der Waals surface area contributed by atoms with Crippen LogP contribution < -0.4 is 4.90 Å². The lowest BCUT2D eigenvalue weighted by Crippen LogP contribution is -2.27. The third kappa shape index (κ3) is 2.03. The van der Waals surface area contributed by atoms with Crippen molar-refractivity contribution in [2.45, 2.75) is 25.5 Å². The van der Waals surface area contributed by atoms with Gasteiger partial charge < -0.3 is 9.64 Å². The van der Waals surface area contributed by atoms with Crippen LogP contribution in [-0.2, 0) is 4.74 Å². The fourth-order valence-electron chi connectivity index (χ4n) is 3.12. The van der Waals surface area contributed by atoms with Crippen molar-refractivity contribution >= 4 is 16.5 Å². The fraction of sp³-hybridized carbons (Fsp3) is 0.353. The Morgan fingerprint density at radius 1 is 1.20 bits per heavy atom. The summed E-state index contributed by atoms with van der Waals surface area (Å²) < 4.78 is 5.50. The van der Waals surface area contributed by atoms with Crippen LogP contribution in [0.2, 0.25) is 0 Å². The zero-order valence-electron chi connectivity index (χ0n) is 11.8. The first-order valence-electron chi connectivity index (χ1n) is 6.96. The maximum atomic E-state index is 9.24. The Morgan fingerprint density at radius 3 is 2.60 bits per heavy atom. The van der Waals surface area contributed by atoms with Crippen LogP contribution in [0, 0.1) is 11.3 Å². The van der Waals surface area contributed by atoms with E-state index in [1.807, 2.05) is 24.3 Å². The van der Waals surface area contributed by atoms with E-state index in [2.05, 4.69) is 30.0 Å². The molecule has 3 nitrogen and oxygen atoms in total. The van der Waals surface area contributed by atoms with E-state index in [1.165, 1.54) is 5.69 Å². The Kier molecular flexibility index (Phi) is 3.33. The largest absolute Gasteiger partial charge is 0.380 e. The standard InChI is InChI=1S/C17H18N2O/c1-12-9-14(20-2)11-19(12)17-8-7-13(10-18)15-5-3-4-6-16(15)17/h3-8,12,14H,9,11H2,1-2H3/t12-,14+/m0/s1. The van der Waals surface area contributed by atoms with Gasteiger partial charge in [0.05, 0.1) is 17.7 Å². The lowest BCUT2D eigenvalue weighted by molar-refractivity contribution is 0.119. The van der Waals surface area contributed by atoms with Crippen molar-refractivity contribution in [1.29, 1.82) is 5.26 Å². The number of nitrogens with zero attached hydrogens (tertiary/aromatic N) is 2. The average molecular weight is 266 g/mol. The van der Waals surface area contributed by atoms with Crippen molar-refractivity contribution in [3.63, 3.8) is 0 Å². The summed E-state index contributed by atoms with van der Waals surface area (Å²) in [7, 11) is 1.78. The quantitative estimate of drug-likeness (QED) is 0.836. The number of anilines is 1. The van der Waals surface area contributed by atoms with Gasteiger partial charge in [-0.3, -0.25) is 0 Å². The van der Waals surface area contributed by atoms with Crippen molar-refractivity contribution in [3.8, 4) is 6.07 Å². The minimum atomic E-state index is 0.291. The molecule has 0 bridgehead atoms. The van der Waals surface area contributed by atoms with Gasteiger partial charge in [-0.2, -0.15) is 5.26 Å². The molecule has 20 heavy (non-hydrogen) atoms. The molecule has 1 aliphatic heterocycles. The summed E-state index contributed by atoms with van der Waals surface area (Å²) in [5.41, 5.74) is 1.94. The zero-order chi connectivity index (χ0) is 14.1. The highest BCUT2D eigenvalue weighted by Gasteiger charge is 2.30. The number of methoxy groups -OCH3 is 1. The number of rotatable bonds is 2. The summed E-state index contributed by atoms with van der Waals surface area (Å²) >= 11 is 0. The minimum Gasteiger partial charge on any atom is -0.380 e. The van der Waals surface area contributed by atoms with E-state index >= 15 is 0 Å². The second-order valence-corrected chi connectivity index (χ2v) is 5.38. The van der Waals surface area contributed by atoms with E-state index < -0.39 is 0 Å². The van der Waals surface area contributed by atoms with Crippen LogP contribution in [0.25, 0.3) is 10.8 Å². The third-order valence-corrected chi connectivity index (χ3v) is 4.20. The van der Waals surface area contributed by atoms with Gasteiger partial charge in [-0.15, -0.1) is 0 Å². The van der Waals surface area contributed by atoms with Gasteiger partial charge in [0.2, 0.25) is 0 Å². The number of fused-ring (bicyclic) bond motifs is 1. The molecule has 0 radical (unpaired) electrons. The predicted octanol–water partition coefficient (Wildman–Crippen LogP) is 3.33. The van der Waals surface area contributed by atoms with Crippen LogP contribution in [0.15, 0.2) is 36.4 Å². The van der Waals surface area contributed by atoms with Gasteiger partial charge in [-0.1, -0.05) is 24.3 Å². The molecule has 2 atom stereocenters. The number of nitriles is 1. The maximum absolute atomic E-state index is 9.24. The molecule has 3 rings (SSSR count). The van der Waals surface area contributed by atoms with E-state index in [0.29, 0.717) is 12.1 Å². The topological polar surface area (TPSA) is 36.3 Å². The highest BCUT2D eigenvalue weighted by atomic mass is 16.5. The molecule has 0 N–H and O–H groups in total. The monoisotopic (exact) mass is 266 g/mol. The number of ether oxygens (including phenoxy) is 1. The zero-order valence-corrected chi connectivity index (χ0v) is 11.8. The van der Waals surface area contributed by atoms with E-state index in [1.54, 1.807) is 7.11 Å². The van der Waals surface area contributed by atoms with Crippen LogP contribution >= 0.6 is 0 Å². The van der Waals surface area contributed by atoms with E-state index in [0.717, 1.165) is 29.3 Å². The molecule has 0 aliphatic carbocycles. The first-order chi connectivity index (χ1) is 9.74. The van der Waals surface area contributed by atoms with Crippen molar-refractivity contribution in [1.82, 2.24) is 0 Å². The summed E-state index contributed by atoms with van der Waals surface area (Å²) in [6.45, 7) is 3.14. The highest BCUT2D eigenvalue weighted by molar-refractivity contribution is 5.98. The molecule has 1 aliphatic rings. The Morgan fingerprint density at radius 2 is 1.95 bits per heavy atom. The van der Waals surface area contributed by atoms with Crippen LogP contribution in [0.1, 0.15) is 18.9 Å². The summed E-state index contributed by atoms with van der Waals surface area (Å²) in [5.74, 6) is 0. The van der Waals surface area contributed by atoms with Crippen molar-refractivity contribution in [3.05, 3.63) is 42.0 Å².